The van der Waals surface area contributed by atoms with Gasteiger partial charge in [-0.1, -0.05) is 17.8 Å². The van der Waals surface area contributed by atoms with Crippen LogP contribution in [0.3, 0.4) is 0 Å². The zero-order valence-electron chi connectivity index (χ0n) is 10.1. The van der Waals surface area contributed by atoms with E-state index in [-0.39, 0.29) is 0 Å². The van der Waals surface area contributed by atoms with E-state index >= 15 is 0 Å². The molecule has 0 bridgehead atoms. The van der Waals surface area contributed by atoms with E-state index in [1.54, 1.807) is 13.3 Å². The highest BCUT2D eigenvalue weighted by atomic mass is 32.2. The van der Waals surface area contributed by atoms with Crippen molar-refractivity contribution in [1.82, 2.24) is 19.9 Å². The van der Waals surface area contributed by atoms with Crippen molar-refractivity contribution < 1.29 is 4.74 Å². The Balaban J connectivity index is 1.95. The molecule has 0 saturated carbocycles. The van der Waals surface area contributed by atoms with E-state index in [2.05, 4.69) is 15.2 Å². The van der Waals surface area contributed by atoms with Gasteiger partial charge < -0.3 is 10.6 Å². The second-order valence-electron chi connectivity index (χ2n) is 3.62. The van der Waals surface area contributed by atoms with Gasteiger partial charge in [-0.25, -0.2) is 4.68 Å². The topological polar surface area (TPSA) is 78.9 Å². The summed E-state index contributed by atoms with van der Waals surface area (Å²) >= 11 is 1.52. The Bertz CT molecular complexity index is 487. The first-order chi connectivity index (χ1) is 8.81. The van der Waals surface area contributed by atoms with Crippen molar-refractivity contribution in [2.75, 3.05) is 19.6 Å². The molecule has 6 nitrogen and oxygen atoms in total. The van der Waals surface area contributed by atoms with E-state index in [4.69, 9.17) is 10.6 Å². The molecule has 0 aromatic carbocycles. The van der Waals surface area contributed by atoms with Gasteiger partial charge in [0.05, 0.1) is 12.3 Å². The Morgan fingerprint density at radius 1 is 1.39 bits per heavy atom. The van der Waals surface area contributed by atoms with Crippen molar-refractivity contribution in [1.29, 1.82) is 0 Å². The molecule has 96 valence electrons. The predicted octanol–water partition coefficient (Wildman–Crippen LogP) is 0.868. The smallest absolute Gasteiger partial charge is 0.210 e. The molecule has 0 spiro atoms. The molecular formula is C11H15N5OS. The number of pyridine rings is 1. The minimum atomic E-state index is 0.584. The van der Waals surface area contributed by atoms with Gasteiger partial charge in [-0.15, -0.1) is 10.2 Å². The molecule has 0 atom stereocenters. The fraction of sp³-hybridized carbons (Fsp3) is 0.364. The molecule has 0 unspecified atom stereocenters. The van der Waals surface area contributed by atoms with Crippen LogP contribution in [0.5, 0.6) is 0 Å². The van der Waals surface area contributed by atoms with E-state index in [1.165, 1.54) is 16.4 Å². The highest BCUT2D eigenvalue weighted by molar-refractivity contribution is 7.98. The van der Waals surface area contributed by atoms with E-state index < -0.39 is 0 Å². The molecule has 2 aromatic heterocycles. The van der Waals surface area contributed by atoms with Crippen LogP contribution in [-0.4, -0.2) is 33.6 Å². The molecule has 7 heteroatoms. The van der Waals surface area contributed by atoms with Crippen LogP contribution >= 0.6 is 11.8 Å². The average molecular weight is 265 g/mol. The number of aromatic nitrogens is 4. The lowest BCUT2D eigenvalue weighted by Gasteiger charge is -2.03. The normalized spacial score (nSPS) is 10.7. The first-order valence-corrected chi connectivity index (χ1v) is 6.51. The Kier molecular flexibility index (Phi) is 4.54. The summed E-state index contributed by atoms with van der Waals surface area (Å²) in [7, 11) is 1.65. The quantitative estimate of drug-likeness (QED) is 0.616. The van der Waals surface area contributed by atoms with Crippen LogP contribution in [0.1, 0.15) is 11.5 Å². The lowest BCUT2D eigenvalue weighted by Crippen LogP contribution is -2.15. The first kappa shape index (κ1) is 12.8. The number of methoxy groups -OCH3 is 1. The molecule has 0 aliphatic carbocycles. The van der Waals surface area contributed by atoms with Crippen molar-refractivity contribution in [3.05, 3.63) is 35.9 Å². The maximum atomic E-state index is 5.90. The van der Waals surface area contributed by atoms with Crippen molar-refractivity contribution >= 4 is 11.8 Å². The molecule has 0 radical (unpaired) electrons. The number of hydrogen-bond donors (Lipinski definition) is 1. The Morgan fingerprint density at radius 3 is 3.00 bits per heavy atom. The van der Waals surface area contributed by atoms with Crippen LogP contribution in [0.4, 0.5) is 0 Å². The maximum absolute atomic E-state index is 5.90. The highest BCUT2D eigenvalue weighted by Crippen LogP contribution is 2.19. The molecule has 2 heterocycles. The Morgan fingerprint density at radius 2 is 2.28 bits per heavy atom. The summed E-state index contributed by atoms with van der Waals surface area (Å²) in [5.74, 6) is 7.35. The fourth-order valence-corrected chi connectivity index (χ4v) is 2.18. The summed E-state index contributed by atoms with van der Waals surface area (Å²) in [5.41, 5.74) is 0.990. The van der Waals surface area contributed by atoms with Crippen molar-refractivity contribution in [3.63, 3.8) is 0 Å². The molecule has 0 aliphatic rings. The number of thioether (sulfide) groups is 1. The zero-order valence-corrected chi connectivity index (χ0v) is 10.9. The number of hydrogen-bond acceptors (Lipinski definition) is 6. The summed E-state index contributed by atoms with van der Waals surface area (Å²) in [6, 6.07) is 5.82. The molecule has 18 heavy (non-hydrogen) atoms. The zero-order chi connectivity index (χ0) is 12.8. The van der Waals surface area contributed by atoms with Gasteiger partial charge in [0.25, 0.3) is 0 Å². The van der Waals surface area contributed by atoms with E-state index in [9.17, 15) is 0 Å². The fourth-order valence-electron chi connectivity index (χ4n) is 1.39. The van der Waals surface area contributed by atoms with Crippen LogP contribution < -0.4 is 5.84 Å². The molecule has 0 amide bonds. The van der Waals surface area contributed by atoms with Crippen LogP contribution in [0.15, 0.2) is 29.6 Å². The summed E-state index contributed by atoms with van der Waals surface area (Å²) in [6.45, 7) is 0.584. The van der Waals surface area contributed by atoms with Gasteiger partial charge >= 0.3 is 0 Å². The monoisotopic (exact) mass is 265 g/mol. The predicted molar refractivity (Wildman–Crippen MR) is 69.6 cm³/mol. The molecule has 2 aromatic rings. The van der Waals surface area contributed by atoms with E-state index in [0.29, 0.717) is 18.2 Å². The van der Waals surface area contributed by atoms with Crippen molar-refractivity contribution in [2.24, 2.45) is 0 Å². The number of nitrogen functional groups attached to an aromatic ring is 1. The first-order valence-electron chi connectivity index (χ1n) is 5.52. The van der Waals surface area contributed by atoms with Crippen LogP contribution in [0, 0.1) is 0 Å². The minimum Gasteiger partial charge on any atom is -0.384 e. The Hall–Kier alpha value is -1.60. The van der Waals surface area contributed by atoms with Crippen LogP contribution in [-0.2, 0) is 16.9 Å². The van der Waals surface area contributed by atoms with Gasteiger partial charge in [0, 0.05) is 25.5 Å². The number of rotatable bonds is 6. The number of nitrogens with zero attached hydrogens (tertiary/aromatic N) is 4. The molecule has 2 N–H and O–H groups in total. The van der Waals surface area contributed by atoms with Gasteiger partial charge in [-0.3, -0.25) is 4.98 Å². The standard InChI is InChI=1S/C11H15N5OS/c1-17-7-5-10-14-15-11(16(10)12)18-8-9-4-2-3-6-13-9/h2-4,6H,5,7-8,12H2,1H3. The van der Waals surface area contributed by atoms with E-state index in [0.717, 1.165) is 17.3 Å². The second kappa shape index (κ2) is 6.36. The highest BCUT2D eigenvalue weighted by Gasteiger charge is 2.10. The summed E-state index contributed by atoms with van der Waals surface area (Å²) in [4.78, 5) is 4.24. The van der Waals surface area contributed by atoms with Gasteiger partial charge in [0.2, 0.25) is 5.16 Å². The molecule has 2 rings (SSSR count). The average Bonchev–Trinajstić information content (AvgIpc) is 2.76. The summed E-state index contributed by atoms with van der Waals surface area (Å²) < 4.78 is 6.49. The third-order valence-electron chi connectivity index (χ3n) is 2.34. The molecule has 0 saturated heterocycles. The van der Waals surface area contributed by atoms with Crippen molar-refractivity contribution in [2.45, 2.75) is 17.3 Å². The summed E-state index contributed by atoms with van der Waals surface area (Å²) in [6.07, 6.45) is 2.43. The van der Waals surface area contributed by atoms with Gasteiger partial charge in [-0.05, 0) is 12.1 Å². The van der Waals surface area contributed by atoms with Crippen molar-refractivity contribution in [3.8, 4) is 0 Å². The second-order valence-corrected chi connectivity index (χ2v) is 4.56. The SMILES string of the molecule is COCCc1nnc(SCc2ccccn2)n1N. The minimum absolute atomic E-state index is 0.584. The lowest BCUT2D eigenvalue weighted by atomic mass is 10.4. The third-order valence-corrected chi connectivity index (χ3v) is 3.32. The maximum Gasteiger partial charge on any atom is 0.210 e. The van der Waals surface area contributed by atoms with Crippen LogP contribution in [0.25, 0.3) is 0 Å². The molecular weight excluding hydrogens is 250 g/mol. The third kappa shape index (κ3) is 3.21. The summed E-state index contributed by atoms with van der Waals surface area (Å²) in [5, 5.41) is 8.77. The largest absolute Gasteiger partial charge is 0.384 e. The lowest BCUT2D eigenvalue weighted by molar-refractivity contribution is 0.200. The van der Waals surface area contributed by atoms with Gasteiger partial charge in [0.15, 0.2) is 5.82 Å². The van der Waals surface area contributed by atoms with E-state index in [1.807, 2.05) is 18.2 Å². The Labute approximate surface area is 110 Å². The number of nitrogens with two attached hydrogens (primary N) is 1. The molecule has 0 fully saturated rings. The van der Waals surface area contributed by atoms with Gasteiger partial charge in [-0.2, -0.15) is 0 Å². The number of ether oxygens (including phenoxy) is 1. The van der Waals surface area contributed by atoms with Crippen LogP contribution in [0.2, 0.25) is 0 Å². The van der Waals surface area contributed by atoms with Gasteiger partial charge in [0.1, 0.15) is 0 Å². The molecule has 0 aliphatic heterocycles.